The third kappa shape index (κ3) is 2.51. The number of aryl methyl sites for hydroxylation is 1. The summed E-state index contributed by atoms with van der Waals surface area (Å²) in [6.45, 7) is 6.44. The molecular formula is C13H24N4. The maximum Gasteiger partial charge on any atom is 0.156 e. The quantitative estimate of drug-likeness (QED) is 0.812. The van der Waals surface area contributed by atoms with Crippen molar-refractivity contribution in [3.05, 3.63) is 11.6 Å². The van der Waals surface area contributed by atoms with E-state index in [1.54, 1.807) is 0 Å². The Morgan fingerprint density at radius 2 is 1.88 bits per heavy atom. The normalized spacial score (nSPS) is 26.2. The van der Waals surface area contributed by atoms with Crippen molar-refractivity contribution in [1.29, 1.82) is 0 Å². The molecule has 2 unspecified atom stereocenters. The van der Waals surface area contributed by atoms with Gasteiger partial charge in [0.1, 0.15) is 5.82 Å². The van der Waals surface area contributed by atoms with Crippen molar-refractivity contribution < 1.29 is 0 Å². The van der Waals surface area contributed by atoms with E-state index in [9.17, 15) is 0 Å². The Bertz CT molecular complexity index is 389. The summed E-state index contributed by atoms with van der Waals surface area (Å²) in [7, 11) is 1.99. The summed E-state index contributed by atoms with van der Waals surface area (Å²) < 4.78 is 1.93. The smallest absolute Gasteiger partial charge is 0.156 e. The van der Waals surface area contributed by atoms with Gasteiger partial charge in [-0.15, -0.1) is 0 Å². The zero-order valence-corrected chi connectivity index (χ0v) is 11.4. The monoisotopic (exact) mass is 236 g/mol. The fourth-order valence-electron chi connectivity index (χ4n) is 2.52. The molecule has 2 atom stereocenters. The Morgan fingerprint density at radius 1 is 1.24 bits per heavy atom. The van der Waals surface area contributed by atoms with Crippen LogP contribution in [0, 0.1) is 0 Å². The average Bonchev–Trinajstić information content (AvgIpc) is 2.61. The standard InChI is InChI=1S/C13H24N4/c1-13(2,3)12-15-11(17(4)16-12)9-7-5-6-8-10(9)14/h9-10H,5-8,14H2,1-4H3. The van der Waals surface area contributed by atoms with E-state index in [0.29, 0.717) is 5.92 Å². The molecular weight excluding hydrogens is 212 g/mol. The van der Waals surface area contributed by atoms with E-state index >= 15 is 0 Å². The molecule has 1 aromatic heterocycles. The molecule has 0 spiro atoms. The lowest BCUT2D eigenvalue weighted by molar-refractivity contribution is 0.364. The molecule has 2 rings (SSSR count). The molecule has 1 aliphatic carbocycles. The highest BCUT2D eigenvalue weighted by Crippen LogP contribution is 2.31. The minimum Gasteiger partial charge on any atom is -0.327 e. The number of nitrogens with two attached hydrogens (primary N) is 1. The average molecular weight is 236 g/mol. The molecule has 0 radical (unpaired) electrons. The third-order valence-corrected chi connectivity index (χ3v) is 3.62. The molecule has 4 heteroatoms. The van der Waals surface area contributed by atoms with Gasteiger partial charge in [-0.3, -0.25) is 4.68 Å². The first-order valence-electron chi connectivity index (χ1n) is 6.56. The van der Waals surface area contributed by atoms with Crippen LogP contribution in [0.3, 0.4) is 0 Å². The van der Waals surface area contributed by atoms with Crippen LogP contribution in [0.4, 0.5) is 0 Å². The molecule has 0 aromatic carbocycles. The zero-order valence-electron chi connectivity index (χ0n) is 11.4. The number of aromatic nitrogens is 3. The SMILES string of the molecule is Cn1nc(C(C)(C)C)nc1C1CCCCC1N. The van der Waals surface area contributed by atoms with Crippen LogP contribution >= 0.6 is 0 Å². The molecule has 0 bridgehead atoms. The fourth-order valence-corrected chi connectivity index (χ4v) is 2.52. The van der Waals surface area contributed by atoms with Crippen molar-refractivity contribution >= 4 is 0 Å². The highest BCUT2D eigenvalue weighted by atomic mass is 15.3. The molecule has 1 fully saturated rings. The predicted octanol–water partition coefficient (Wildman–Crippen LogP) is 2.10. The van der Waals surface area contributed by atoms with Gasteiger partial charge in [-0.2, -0.15) is 5.10 Å². The van der Waals surface area contributed by atoms with Gasteiger partial charge < -0.3 is 5.73 Å². The molecule has 1 aromatic rings. The van der Waals surface area contributed by atoms with Gasteiger partial charge in [-0.1, -0.05) is 33.6 Å². The van der Waals surface area contributed by atoms with E-state index in [0.717, 1.165) is 24.5 Å². The van der Waals surface area contributed by atoms with Crippen molar-refractivity contribution in [1.82, 2.24) is 14.8 Å². The van der Waals surface area contributed by atoms with E-state index in [-0.39, 0.29) is 11.5 Å². The first-order chi connectivity index (χ1) is 7.89. The molecule has 4 nitrogen and oxygen atoms in total. The highest BCUT2D eigenvalue weighted by molar-refractivity contribution is 5.09. The molecule has 1 heterocycles. The second-order valence-electron chi connectivity index (χ2n) is 6.22. The van der Waals surface area contributed by atoms with E-state index in [1.807, 2.05) is 11.7 Å². The lowest BCUT2D eigenvalue weighted by Gasteiger charge is -2.27. The first-order valence-corrected chi connectivity index (χ1v) is 6.56. The topological polar surface area (TPSA) is 56.7 Å². The maximum absolute atomic E-state index is 6.22. The number of hydrogen-bond donors (Lipinski definition) is 1. The van der Waals surface area contributed by atoms with Gasteiger partial charge in [0.2, 0.25) is 0 Å². The summed E-state index contributed by atoms with van der Waals surface area (Å²) in [5.41, 5.74) is 6.23. The molecule has 1 saturated carbocycles. The first kappa shape index (κ1) is 12.6. The van der Waals surface area contributed by atoms with Crippen LogP contribution in [0.2, 0.25) is 0 Å². The Morgan fingerprint density at radius 3 is 2.41 bits per heavy atom. The summed E-state index contributed by atoms with van der Waals surface area (Å²) in [5, 5.41) is 4.54. The lowest BCUT2D eigenvalue weighted by atomic mass is 9.84. The summed E-state index contributed by atoms with van der Waals surface area (Å²) in [6.07, 6.45) is 4.78. The van der Waals surface area contributed by atoms with Gasteiger partial charge in [-0.25, -0.2) is 4.98 Å². The number of nitrogens with zero attached hydrogens (tertiary/aromatic N) is 3. The second-order valence-corrected chi connectivity index (χ2v) is 6.22. The summed E-state index contributed by atoms with van der Waals surface area (Å²) in [5.74, 6) is 2.38. The van der Waals surface area contributed by atoms with Crippen molar-refractivity contribution in [3.8, 4) is 0 Å². The fraction of sp³-hybridized carbons (Fsp3) is 0.846. The Balaban J connectivity index is 2.29. The highest BCUT2D eigenvalue weighted by Gasteiger charge is 2.29. The van der Waals surface area contributed by atoms with Crippen LogP contribution in [-0.4, -0.2) is 20.8 Å². The van der Waals surface area contributed by atoms with Gasteiger partial charge in [0, 0.05) is 24.4 Å². The van der Waals surface area contributed by atoms with Crippen LogP contribution in [-0.2, 0) is 12.5 Å². The third-order valence-electron chi connectivity index (χ3n) is 3.62. The maximum atomic E-state index is 6.22. The van der Waals surface area contributed by atoms with Crippen molar-refractivity contribution in [2.45, 2.75) is 63.8 Å². The van der Waals surface area contributed by atoms with Crippen LogP contribution in [0.25, 0.3) is 0 Å². The van der Waals surface area contributed by atoms with Crippen LogP contribution in [0.5, 0.6) is 0 Å². The Hall–Kier alpha value is -0.900. The lowest BCUT2D eigenvalue weighted by Crippen LogP contribution is -2.33. The Labute approximate surface area is 104 Å². The molecule has 17 heavy (non-hydrogen) atoms. The van der Waals surface area contributed by atoms with Crippen molar-refractivity contribution in [3.63, 3.8) is 0 Å². The van der Waals surface area contributed by atoms with E-state index in [2.05, 4.69) is 25.9 Å². The van der Waals surface area contributed by atoms with Gasteiger partial charge >= 0.3 is 0 Å². The molecule has 0 aliphatic heterocycles. The zero-order chi connectivity index (χ0) is 12.6. The van der Waals surface area contributed by atoms with E-state index in [1.165, 1.54) is 12.8 Å². The van der Waals surface area contributed by atoms with Gasteiger partial charge in [0.05, 0.1) is 0 Å². The minimum atomic E-state index is 0.00870. The molecule has 0 saturated heterocycles. The second kappa shape index (κ2) is 4.41. The van der Waals surface area contributed by atoms with Crippen LogP contribution < -0.4 is 5.73 Å². The van der Waals surface area contributed by atoms with Crippen molar-refractivity contribution in [2.24, 2.45) is 12.8 Å². The minimum absolute atomic E-state index is 0.00870. The summed E-state index contributed by atoms with van der Waals surface area (Å²) in [6, 6.07) is 0.250. The van der Waals surface area contributed by atoms with E-state index in [4.69, 9.17) is 10.7 Å². The van der Waals surface area contributed by atoms with Gasteiger partial charge in [-0.05, 0) is 12.8 Å². The summed E-state index contributed by atoms with van der Waals surface area (Å²) in [4.78, 5) is 4.73. The van der Waals surface area contributed by atoms with Gasteiger partial charge in [0.15, 0.2) is 5.82 Å². The van der Waals surface area contributed by atoms with Gasteiger partial charge in [0.25, 0.3) is 0 Å². The van der Waals surface area contributed by atoms with Crippen molar-refractivity contribution in [2.75, 3.05) is 0 Å². The number of rotatable bonds is 1. The summed E-state index contributed by atoms with van der Waals surface area (Å²) >= 11 is 0. The largest absolute Gasteiger partial charge is 0.327 e. The molecule has 96 valence electrons. The predicted molar refractivity (Wildman–Crippen MR) is 68.9 cm³/mol. The van der Waals surface area contributed by atoms with Crippen LogP contribution in [0.15, 0.2) is 0 Å². The van der Waals surface area contributed by atoms with E-state index < -0.39 is 0 Å². The molecule has 1 aliphatic rings. The number of hydrogen-bond acceptors (Lipinski definition) is 3. The Kier molecular flexibility index (Phi) is 3.25. The molecule has 2 N–H and O–H groups in total. The molecule has 0 amide bonds. The van der Waals surface area contributed by atoms with Crippen LogP contribution in [0.1, 0.15) is 64.0 Å².